The van der Waals surface area contributed by atoms with Crippen LogP contribution in [0.3, 0.4) is 0 Å². The van der Waals surface area contributed by atoms with Gasteiger partial charge in [0.1, 0.15) is 6.04 Å². The maximum atomic E-state index is 13.7. The number of imide groups is 1. The Hall–Kier alpha value is -4.53. The van der Waals surface area contributed by atoms with Gasteiger partial charge in [-0.25, -0.2) is 4.90 Å². The van der Waals surface area contributed by atoms with E-state index in [-0.39, 0.29) is 17.1 Å². The van der Waals surface area contributed by atoms with E-state index in [9.17, 15) is 24.5 Å². The molecule has 0 saturated carbocycles. The van der Waals surface area contributed by atoms with E-state index in [1.54, 1.807) is 17.2 Å². The summed E-state index contributed by atoms with van der Waals surface area (Å²) in [5.74, 6) is -3.13. The number of ketones is 1. The van der Waals surface area contributed by atoms with Crippen LogP contribution in [0.2, 0.25) is 0 Å². The summed E-state index contributed by atoms with van der Waals surface area (Å²) in [5, 5.41) is 11.3. The predicted molar refractivity (Wildman–Crippen MR) is 119 cm³/mol. The molecule has 0 spiro atoms. The number of fused-ring (bicyclic) bond motifs is 5. The van der Waals surface area contributed by atoms with Gasteiger partial charge in [-0.1, -0.05) is 30.3 Å². The molecule has 3 aliphatic rings. The van der Waals surface area contributed by atoms with Crippen LogP contribution in [0, 0.1) is 22.0 Å². The van der Waals surface area contributed by atoms with E-state index in [2.05, 4.69) is 0 Å². The average molecular weight is 455 g/mol. The topological polar surface area (TPSA) is 114 Å². The summed E-state index contributed by atoms with van der Waals surface area (Å²) in [6.45, 7) is 0. The van der Waals surface area contributed by atoms with Crippen molar-refractivity contribution in [2.45, 2.75) is 12.1 Å². The number of carbonyl (C=O) groups is 3. The molecule has 2 aromatic carbocycles. The number of Topliss-reactive ketones (excluding diaryl/α,β-unsaturated/α-hetero) is 1. The van der Waals surface area contributed by atoms with Crippen LogP contribution in [0.4, 0.5) is 11.4 Å². The second-order valence-electron chi connectivity index (χ2n) is 8.46. The van der Waals surface area contributed by atoms with E-state index in [0.29, 0.717) is 0 Å². The molecule has 9 nitrogen and oxygen atoms in total. The number of anilines is 1. The van der Waals surface area contributed by atoms with Crippen molar-refractivity contribution in [3.05, 3.63) is 100 Å². The van der Waals surface area contributed by atoms with Gasteiger partial charge in [0, 0.05) is 18.3 Å². The zero-order valence-corrected chi connectivity index (χ0v) is 17.6. The van der Waals surface area contributed by atoms with Crippen molar-refractivity contribution < 1.29 is 23.7 Å². The Bertz CT molecular complexity index is 1400. The smallest absolute Gasteiger partial charge is 0.271 e. The van der Waals surface area contributed by atoms with Crippen LogP contribution in [-0.4, -0.2) is 33.5 Å². The second-order valence-corrected chi connectivity index (χ2v) is 8.46. The summed E-state index contributed by atoms with van der Waals surface area (Å²) in [7, 11) is 0. The summed E-state index contributed by atoms with van der Waals surface area (Å²) in [6, 6.07) is 14.6. The number of furan rings is 1. The van der Waals surface area contributed by atoms with Gasteiger partial charge in [0.25, 0.3) is 5.69 Å². The van der Waals surface area contributed by atoms with E-state index >= 15 is 0 Å². The number of nitro groups is 1. The Morgan fingerprint density at radius 3 is 2.53 bits per heavy atom. The monoisotopic (exact) mass is 455 g/mol. The molecule has 1 aromatic heterocycles. The van der Waals surface area contributed by atoms with Crippen molar-refractivity contribution in [3.8, 4) is 0 Å². The van der Waals surface area contributed by atoms with Gasteiger partial charge in [0.15, 0.2) is 5.76 Å². The molecule has 3 aliphatic heterocycles. The largest absolute Gasteiger partial charge is 0.461 e. The van der Waals surface area contributed by atoms with Gasteiger partial charge in [-0.3, -0.25) is 24.5 Å². The molecule has 9 heteroatoms. The van der Waals surface area contributed by atoms with E-state index < -0.39 is 46.4 Å². The van der Waals surface area contributed by atoms with Gasteiger partial charge in [0.2, 0.25) is 17.6 Å². The Balaban J connectivity index is 1.50. The number of carbonyl (C=O) groups excluding carboxylic acids is 3. The highest BCUT2D eigenvalue weighted by molar-refractivity contribution is 6.24. The average Bonchev–Trinajstić information content (AvgIpc) is 3.55. The lowest BCUT2D eigenvalue weighted by Gasteiger charge is -2.35. The molecule has 2 saturated heterocycles. The van der Waals surface area contributed by atoms with Crippen LogP contribution in [-0.2, 0) is 9.59 Å². The molecular formula is C25H17N3O6. The standard InChI is InChI=1S/C25H17N3O6/c29-23(18-9-4-12-34-18)22-20-19(21-17-8-2-1-5-14(17)10-11-26(21)22)24(30)27(25(20)31)15-6-3-7-16(13-15)28(32)33/h1-13,19-22H/t19-,20+,21+,22-/m0/s1. The fourth-order valence-corrected chi connectivity index (χ4v) is 5.42. The first-order chi connectivity index (χ1) is 16.5. The number of hydrogen-bond donors (Lipinski definition) is 0. The van der Waals surface area contributed by atoms with Crippen LogP contribution in [0.25, 0.3) is 6.08 Å². The quantitative estimate of drug-likeness (QED) is 0.256. The summed E-state index contributed by atoms with van der Waals surface area (Å²) in [4.78, 5) is 54.4. The van der Waals surface area contributed by atoms with Crippen LogP contribution in [0.5, 0.6) is 0 Å². The highest BCUT2D eigenvalue weighted by atomic mass is 16.6. The minimum absolute atomic E-state index is 0.103. The van der Waals surface area contributed by atoms with E-state index in [4.69, 9.17) is 4.42 Å². The molecule has 168 valence electrons. The normalized spacial score (nSPS) is 24.7. The van der Waals surface area contributed by atoms with Crippen LogP contribution in [0.15, 0.2) is 77.5 Å². The fourth-order valence-electron chi connectivity index (χ4n) is 5.42. The van der Waals surface area contributed by atoms with Gasteiger partial charge in [-0.05, 0) is 35.4 Å². The van der Waals surface area contributed by atoms with Crippen molar-refractivity contribution in [1.82, 2.24) is 4.90 Å². The molecule has 3 aromatic rings. The van der Waals surface area contributed by atoms with Gasteiger partial charge in [0.05, 0.1) is 34.8 Å². The Morgan fingerprint density at radius 2 is 1.76 bits per heavy atom. The molecule has 0 N–H and O–H groups in total. The maximum absolute atomic E-state index is 13.7. The molecule has 4 atom stereocenters. The molecule has 0 unspecified atom stereocenters. The number of rotatable bonds is 4. The molecular weight excluding hydrogens is 438 g/mol. The van der Waals surface area contributed by atoms with Gasteiger partial charge >= 0.3 is 0 Å². The van der Waals surface area contributed by atoms with Crippen molar-refractivity contribution in [1.29, 1.82) is 0 Å². The summed E-state index contributed by atoms with van der Waals surface area (Å²) >= 11 is 0. The van der Waals surface area contributed by atoms with E-state index in [1.807, 2.05) is 30.3 Å². The summed E-state index contributed by atoms with van der Waals surface area (Å²) < 4.78 is 5.34. The fraction of sp³-hybridized carbons (Fsp3) is 0.160. The lowest BCUT2D eigenvalue weighted by molar-refractivity contribution is -0.384. The number of non-ortho nitro benzene ring substituents is 1. The third-order valence-corrected chi connectivity index (χ3v) is 6.79. The highest BCUT2D eigenvalue weighted by Gasteiger charge is 2.64. The van der Waals surface area contributed by atoms with E-state index in [1.165, 1.54) is 36.6 Å². The Morgan fingerprint density at radius 1 is 0.971 bits per heavy atom. The Labute approximate surface area is 193 Å². The lowest BCUT2D eigenvalue weighted by Crippen LogP contribution is -2.44. The Kier molecular flexibility index (Phi) is 4.28. The first-order valence-electron chi connectivity index (χ1n) is 10.7. The van der Waals surface area contributed by atoms with Crippen LogP contribution >= 0.6 is 0 Å². The number of benzene rings is 2. The molecule has 34 heavy (non-hydrogen) atoms. The zero-order chi connectivity index (χ0) is 23.6. The third-order valence-electron chi connectivity index (χ3n) is 6.79. The van der Waals surface area contributed by atoms with Crippen LogP contribution in [0.1, 0.15) is 27.7 Å². The number of nitro benzene ring substituents is 1. The summed E-state index contributed by atoms with van der Waals surface area (Å²) in [5.41, 5.74) is 1.64. The number of hydrogen-bond acceptors (Lipinski definition) is 7. The van der Waals surface area contributed by atoms with Gasteiger partial charge in [-0.2, -0.15) is 0 Å². The minimum atomic E-state index is -0.967. The van der Waals surface area contributed by atoms with Gasteiger partial charge in [-0.15, -0.1) is 0 Å². The van der Waals surface area contributed by atoms with Crippen LogP contribution < -0.4 is 4.90 Å². The predicted octanol–water partition coefficient (Wildman–Crippen LogP) is 3.59. The van der Waals surface area contributed by atoms with Gasteiger partial charge < -0.3 is 9.32 Å². The maximum Gasteiger partial charge on any atom is 0.271 e. The first-order valence-corrected chi connectivity index (χ1v) is 10.7. The molecule has 2 fully saturated rings. The molecule has 0 aliphatic carbocycles. The molecule has 6 rings (SSSR count). The first kappa shape index (κ1) is 20.1. The lowest BCUT2D eigenvalue weighted by atomic mass is 9.84. The SMILES string of the molecule is O=C(c1ccco1)[C@@H]1[C@@H]2C(=O)N(c3cccc([N+](=O)[O-])c3)C(=O)[C@@H]2[C@H]2c3ccccc3C=CN12. The molecule has 0 radical (unpaired) electrons. The zero-order valence-electron chi connectivity index (χ0n) is 17.6. The second kappa shape index (κ2) is 7.24. The minimum Gasteiger partial charge on any atom is -0.461 e. The third kappa shape index (κ3) is 2.70. The molecule has 0 bridgehead atoms. The molecule has 2 amide bonds. The van der Waals surface area contributed by atoms with Crippen molar-refractivity contribution in [2.24, 2.45) is 11.8 Å². The van der Waals surface area contributed by atoms with E-state index in [0.717, 1.165) is 16.0 Å². The highest BCUT2D eigenvalue weighted by Crippen LogP contribution is 2.53. The molecule has 4 heterocycles. The van der Waals surface area contributed by atoms with Crippen molar-refractivity contribution >= 4 is 35.0 Å². The van der Waals surface area contributed by atoms with Crippen molar-refractivity contribution in [3.63, 3.8) is 0 Å². The van der Waals surface area contributed by atoms with Crippen molar-refractivity contribution in [2.75, 3.05) is 4.90 Å². The number of nitrogens with zero attached hydrogens (tertiary/aromatic N) is 3. The summed E-state index contributed by atoms with van der Waals surface area (Å²) in [6.07, 6.45) is 5.01. The number of amides is 2.